The van der Waals surface area contributed by atoms with E-state index in [0.29, 0.717) is 38.0 Å². The highest BCUT2D eigenvalue weighted by Crippen LogP contribution is 2.35. The molecule has 11 nitrogen and oxygen atoms in total. The van der Waals surface area contributed by atoms with Crippen molar-refractivity contribution in [2.24, 2.45) is 11.7 Å². The van der Waals surface area contributed by atoms with Crippen molar-refractivity contribution in [3.63, 3.8) is 0 Å². The first kappa shape index (κ1) is 25.9. The van der Waals surface area contributed by atoms with E-state index >= 15 is 0 Å². The summed E-state index contributed by atoms with van der Waals surface area (Å²) >= 11 is 0. The van der Waals surface area contributed by atoms with Crippen molar-refractivity contribution in [3.05, 3.63) is 63.7 Å². The van der Waals surface area contributed by atoms with E-state index < -0.39 is 22.8 Å². The smallest absolute Gasteiger partial charge is 0.414 e. The number of carbonyl (C=O) groups excluding carboxylic acids is 3. The lowest BCUT2D eigenvalue weighted by molar-refractivity contribution is -0.384. The summed E-state index contributed by atoms with van der Waals surface area (Å²) in [7, 11) is 0. The number of piperidine rings is 1. The average Bonchev–Trinajstić information content (AvgIpc) is 2.90. The third-order valence-corrected chi connectivity index (χ3v) is 7.21. The quantitative estimate of drug-likeness (QED) is 0.409. The Morgan fingerprint density at radius 1 is 1.19 bits per heavy atom. The molecule has 2 aromatic rings. The average molecular weight is 510 g/mol. The normalized spacial score (nSPS) is 17.4. The van der Waals surface area contributed by atoms with Crippen LogP contribution in [0.1, 0.15) is 49.0 Å². The Hall–Kier alpha value is -4.15. The number of para-hydroxylation sites is 1. The Kier molecular flexibility index (Phi) is 7.61. The van der Waals surface area contributed by atoms with Crippen LogP contribution in [0.4, 0.5) is 21.9 Å². The summed E-state index contributed by atoms with van der Waals surface area (Å²) in [4.78, 5) is 52.1. The Bertz CT molecular complexity index is 1210. The van der Waals surface area contributed by atoms with Crippen LogP contribution < -0.4 is 20.9 Å². The SMILES string of the molecule is CCC(C)[C@H](NC(=O)c1ccc(N2CCC(N3C(=O)OCc4ccccc43)CC2)c([N+](=O)[O-])c1)C(N)=O. The number of nitro benzene ring substituents is 1. The van der Waals surface area contributed by atoms with Crippen LogP contribution in [0.3, 0.4) is 0 Å². The molecule has 4 rings (SSSR count). The van der Waals surface area contributed by atoms with Gasteiger partial charge in [0.25, 0.3) is 11.6 Å². The van der Waals surface area contributed by atoms with E-state index in [4.69, 9.17) is 10.5 Å². The number of anilines is 2. The van der Waals surface area contributed by atoms with Crippen molar-refractivity contribution in [1.82, 2.24) is 5.32 Å². The van der Waals surface area contributed by atoms with E-state index in [9.17, 15) is 24.5 Å². The molecule has 0 saturated carbocycles. The minimum Gasteiger partial charge on any atom is -0.444 e. The molecule has 3 N–H and O–H groups in total. The highest BCUT2D eigenvalue weighted by atomic mass is 16.6. The summed E-state index contributed by atoms with van der Waals surface area (Å²) in [5.74, 6) is -1.43. The molecule has 0 aromatic heterocycles. The summed E-state index contributed by atoms with van der Waals surface area (Å²) in [6.45, 7) is 4.89. The van der Waals surface area contributed by atoms with Gasteiger partial charge in [-0.1, -0.05) is 38.5 Å². The van der Waals surface area contributed by atoms with Gasteiger partial charge >= 0.3 is 6.09 Å². The fraction of sp³-hybridized carbons (Fsp3) is 0.423. The zero-order chi connectivity index (χ0) is 26.7. The monoisotopic (exact) mass is 509 g/mol. The number of ether oxygens (including phenoxy) is 1. The Balaban J connectivity index is 1.50. The lowest BCUT2D eigenvalue weighted by Crippen LogP contribution is -2.49. The largest absolute Gasteiger partial charge is 0.444 e. The summed E-state index contributed by atoms with van der Waals surface area (Å²) < 4.78 is 5.35. The van der Waals surface area contributed by atoms with Gasteiger partial charge in [-0.05, 0) is 37.0 Å². The minimum absolute atomic E-state index is 0.0764. The number of nitrogens with zero attached hydrogens (tertiary/aromatic N) is 3. The van der Waals surface area contributed by atoms with Gasteiger partial charge in [-0.15, -0.1) is 0 Å². The lowest BCUT2D eigenvalue weighted by Gasteiger charge is -2.40. The Morgan fingerprint density at radius 2 is 1.89 bits per heavy atom. The van der Waals surface area contributed by atoms with E-state index in [1.54, 1.807) is 17.9 Å². The molecule has 0 aliphatic carbocycles. The summed E-state index contributed by atoms with van der Waals surface area (Å²) in [6, 6.07) is 10.9. The molecular formula is C26H31N5O6. The molecule has 1 saturated heterocycles. The number of primary amides is 1. The van der Waals surface area contributed by atoms with E-state index in [0.717, 1.165) is 11.3 Å². The summed E-state index contributed by atoms with van der Waals surface area (Å²) in [5.41, 5.74) is 7.50. The van der Waals surface area contributed by atoms with Crippen LogP contribution in [0.15, 0.2) is 42.5 Å². The van der Waals surface area contributed by atoms with Gasteiger partial charge in [-0.25, -0.2) is 4.79 Å². The zero-order valence-electron chi connectivity index (χ0n) is 20.9. The van der Waals surface area contributed by atoms with Crippen molar-refractivity contribution in [2.75, 3.05) is 22.9 Å². The van der Waals surface area contributed by atoms with Gasteiger partial charge in [0.15, 0.2) is 0 Å². The first-order valence-corrected chi connectivity index (χ1v) is 12.4. The number of carbonyl (C=O) groups is 3. The fourth-order valence-corrected chi connectivity index (χ4v) is 4.92. The van der Waals surface area contributed by atoms with Crippen LogP contribution in [0.2, 0.25) is 0 Å². The van der Waals surface area contributed by atoms with Crippen LogP contribution in [-0.2, 0) is 16.1 Å². The number of fused-ring (bicyclic) bond motifs is 1. The van der Waals surface area contributed by atoms with Gasteiger partial charge in [0.1, 0.15) is 18.3 Å². The van der Waals surface area contributed by atoms with Gasteiger partial charge < -0.3 is 20.7 Å². The number of hydrogen-bond donors (Lipinski definition) is 2. The third-order valence-electron chi connectivity index (χ3n) is 7.21. The van der Waals surface area contributed by atoms with Gasteiger partial charge in [0.05, 0.1) is 10.6 Å². The number of nitro groups is 1. The van der Waals surface area contributed by atoms with Gasteiger partial charge in [0, 0.05) is 36.3 Å². The molecule has 0 radical (unpaired) electrons. The molecule has 11 heteroatoms. The first-order valence-electron chi connectivity index (χ1n) is 12.4. The Morgan fingerprint density at radius 3 is 2.54 bits per heavy atom. The highest BCUT2D eigenvalue weighted by molar-refractivity contribution is 5.98. The van der Waals surface area contributed by atoms with Crippen LogP contribution in [0, 0.1) is 16.0 Å². The number of benzene rings is 2. The zero-order valence-corrected chi connectivity index (χ0v) is 20.9. The maximum Gasteiger partial charge on any atom is 0.414 e. The van der Waals surface area contributed by atoms with Gasteiger partial charge in [-0.3, -0.25) is 24.6 Å². The van der Waals surface area contributed by atoms with E-state index in [-0.39, 0.29) is 35.9 Å². The van der Waals surface area contributed by atoms with E-state index in [1.807, 2.05) is 36.1 Å². The number of rotatable bonds is 8. The molecule has 2 heterocycles. The van der Waals surface area contributed by atoms with Crippen LogP contribution in [0.5, 0.6) is 0 Å². The molecule has 196 valence electrons. The summed E-state index contributed by atoms with van der Waals surface area (Å²) in [5, 5.41) is 14.5. The van der Waals surface area contributed by atoms with Crippen molar-refractivity contribution >= 4 is 35.0 Å². The lowest BCUT2D eigenvalue weighted by atomic mass is 9.98. The molecule has 1 fully saturated rings. The van der Waals surface area contributed by atoms with Gasteiger partial charge in [-0.2, -0.15) is 0 Å². The van der Waals surface area contributed by atoms with Crippen molar-refractivity contribution in [3.8, 4) is 0 Å². The molecule has 2 aliphatic heterocycles. The highest BCUT2D eigenvalue weighted by Gasteiger charge is 2.35. The second-order valence-electron chi connectivity index (χ2n) is 9.47. The second-order valence-corrected chi connectivity index (χ2v) is 9.47. The third kappa shape index (κ3) is 5.35. The second kappa shape index (κ2) is 10.9. The van der Waals surface area contributed by atoms with Crippen molar-refractivity contribution in [1.29, 1.82) is 0 Å². The van der Waals surface area contributed by atoms with E-state index in [1.165, 1.54) is 12.1 Å². The van der Waals surface area contributed by atoms with E-state index in [2.05, 4.69) is 5.32 Å². The number of cyclic esters (lactones) is 1. The van der Waals surface area contributed by atoms with Crippen molar-refractivity contribution in [2.45, 2.75) is 51.8 Å². The predicted molar refractivity (Wildman–Crippen MR) is 137 cm³/mol. The van der Waals surface area contributed by atoms with Crippen molar-refractivity contribution < 1.29 is 24.0 Å². The number of nitrogens with two attached hydrogens (primary N) is 1. The number of amides is 3. The standard InChI is InChI=1S/C26H31N5O6/c1-3-16(2)23(24(27)32)28-25(33)17-8-9-21(22(14-17)31(35)36)29-12-10-19(11-13-29)30-20-7-5-4-6-18(20)15-37-26(30)34/h4-9,14,16,19,23H,3,10-13,15H2,1-2H3,(H2,27,32)(H,28,33)/t16?,23-/m0/s1. The Labute approximate surface area is 214 Å². The van der Waals surface area contributed by atoms with Crippen LogP contribution in [0.25, 0.3) is 0 Å². The molecule has 37 heavy (non-hydrogen) atoms. The fourth-order valence-electron chi connectivity index (χ4n) is 4.92. The van der Waals surface area contributed by atoms with Crippen LogP contribution in [-0.4, -0.2) is 48.0 Å². The molecule has 2 atom stereocenters. The maximum atomic E-state index is 12.8. The molecule has 1 unspecified atom stereocenters. The predicted octanol–water partition coefficient (Wildman–Crippen LogP) is 3.35. The van der Waals surface area contributed by atoms with Crippen LogP contribution >= 0.6 is 0 Å². The number of nitrogens with one attached hydrogen (secondary N) is 1. The maximum absolute atomic E-state index is 12.8. The molecule has 3 amide bonds. The van der Waals surface area contributed by atoms with Gasteiger partial charge in [0.2, 0.25) is 5.91 Å². The molecule has 2 aromatic carbocycles. The number of hydrogen-bond acceptors (Lipinski definition) is 7. The molecule has 2 aliphatic rings. The molecule has 0 spiro atoms. The topological polar surface area (TPSA) is 148 Å². The molecular weight excluding hydrogens is 478 g/mol. The summed E-state index contributed by atoms with van der Waals surface area (Å²) in [6.07, 6.45) is 1.44. The first-order chi connectivity index (χ1) is 17.7. The minimum atomic E-state index is -0.873. The molecule has 0 bridgehead atoms.